The Morgan fingerprint density at radius 3 is 2.70 bits per heavy atom. The van der Waals surface area contributed by atoms with Gasteiger partial charge in [0.1, 0.15) is 5.82 Å². The van der Waals surface area contributed by atoms with Crippen LogP contribution in [0.5, 0.6) is 0 Å². The van der Waals surface area contributed by atoms with Gasteiger partial charge in [0.15, 0.2) is 11.1 Å². The van der Waals surface area contributed by atoms with Crippen LogP contribution in [0.4, 0.5) is 0 Å². The quantitative estimate of drug-likeness (QED) is 0.151. The van der Waals surface area contributed by atoms with Gasteiger partial charge in [-0.3, -0.25) is 4.99 Å². The Kier molecular flexibility index (Phi) is 12.2. The van der Waals surface area contributed by atoms with E-state index >= 15 is 0 Å². The van der Waals surface area contributed by atoms with Gasteiger partial charge in [0.2, 0.25) is 0 Å². The Labute approximate surface area is 161 Å². The van der Waals surface area contributed by atoms with Crippen molar-refractivity contribution in [3.8, 4) is 0 Å². The summed E-state index contributed by atoms with van der Waals surface area (Å²) in [6.45, 7) is 10.6. The summed E-state index contributed by atoms with van der Waals surface area (Å²) < 4.78 is 2.24. The largest absolute Gasteiger partial charge is 0.356 e. The summed E-state index contributed by atoms with van der Waals surface area (Å²) in [7, 11) is 1.77. The van der Waals surface area contributed by atoms with Crippen molar-refractivity contribution >= 4 is 41.7 Å². The van der Waals surface area contributed by atoms with Crippen LogP contribution in [0.25, 0.3) is 0 Å². The second kappa shape index (κ2) is 12.6. The van der Waals surface area contributed by atoms with Gasteiger partial charge in [0.05, 0.1) is 0 Å². The summed E-state index contributed by atoms with van der Waals surface area (Å²) in [5, 5.41) is 16.0. The second-order valence-corrected chi connectivity index (χ2v) is 6.15. The molecule has 1 aromatic rings. The molecule has 0 fully saturated rings. The van der Waals surface area contributed by atoms with E-state index in [2.05, 4.69) is 50.8 Å². The molecule has 6 nitrogen and oxygen atoms in total. The van der Waals surface area contributed by atoms with Crippen molar-refractivity contribution in [3.05, 3.63) is 18.5 Å². The standard InChI is InChI=1S/C15H28N6S.HI/c1-6-9-17-14(16-4)18-10-7-8-13-19-20-15(22-5)21(13)11-12(2)3;/h6,12H,1,7-11H2,2-5H3,(H2,16,17,18);1H. The Morgan fingerprint density at radius 1 is 1.39 bits per heavy atom. The van der Waals surface area contributed by atoms with E-state index in [0.717, 1.165) is 42.9 Å². The van der Waals surface area contributed by atoms with E-state index in [9.17, 15) is 0 Å². The van der Waals surface area contributed by atoms with Crippen LogP contribution in [0.1, 0.15) is 26.1 Å². The average molecular weight is 452 g/mol. The summed E-state index contributed by atoms with van der Waals surface area (Å²) in [5.41, 5.74) is 0. The summed E-state index contributed by atoms with van der Waals surface area (Å²) in [6, 6.07) is 0. The molecule has 0 atom stereocenters. The highest BCUT2D eigenvalue weighted by molar-refractivity contribution is 14.0. The number of aryl methyl sites for hydroxylation is 1. The Bertz CT molecular complexity index is 486. The molecule has 1 aromatic heterocycles. The molecule has 0 radical (unpaired) electrons. The van der Waals surface area contributed by atoms with Crippen LogP contribution in [-0.4, -0.2) is 47.1 Å². The van der Waals surface area contributed by atoms with Gasteiger partial charge in [-0.25, -0.2) is 0 Å². The second-order valence-electron chi connectivity index (χ2n) is 5.38. The van der Waals surface area contributed by atoms with Crippen molar-refractivity contribution in [1.29, 1.82) is 0 Å². The number of aromatic nitrogens is 3. The van der Waals surface area contributed by atoms with E-state index in [-0.39, 0.29) is 24.0 Å². The number of nitrogens with one attached hydrogen (secondary N) is 2. The molecule has 0 aromatic carbocycles. The molecule has 1 rings (SSSR count). The SMILES string of the molecule is C=CCNC(=NC)NCCCc1nnc(SC)n1CC(C)C.I. The Morgan fingerprint density at radius 2 is 2.13 bits per heavy atom. The minimum Gasteiger partial charge on any atom is -0.356 e. The highest BCUT2D eigenvalue weighted by atomic mass is 127. The van der Waals surface area contributed by atoms with Gasteiger partial charge >= 0.3 is 0 Å². The van der Waals surface area contributed by atoms with Crippen LogP contribution >= 0.6 is 35.7 Å². The van der Waals surface area contributed by atoms with Crippen LogP contribution in [0.15, 0.2) is 22.8 Å². The summed E-state index contributed by atoms with van der Waals surface area (Å²) >= 11 is 1.65. The first-order chi connectivity index (χ1) is 10.6. The number of rotatable bonds is 9. The third kappa shape index (κ3) is 8.05. The highest BCUT2D eigenvalue weighted by Crippen LogP contribution is 2.16. The zero-order valence-electron chi connectivity index (χ0n) is 14.5. The number of hydrogen-bond acceptors (Lipinski definition) is 4. The highest BCUT2D eigenvalue weighted by Gasteiger charge is 2.12. The van der Waals surface area contributed by atoms with Gasteiger partial charge in [-0.15, -0.1) is 40.8 Å². The van der Waals surface area contributed by atoms with Crippen molar-refractivity contribution in [2.45, 2.75) is 38.4 Å². The van der Waals surface area contributed by atoms with Gasteiger partial charge in [-0.05, 0) is 18.6 Å². The lowest BCUT2D eigenvalue weighted by Crippen LogP contribution is -2.37. The molecule has 0 bridgehead atoms. The van der Waals surface area contributed by atoms with Crippen molar-refractivity contribution in [1.82, 2.24) is 25.4 Å². The minimum absolute atomic E-state index is 0. The molecular formula is C15H29IN6S. The van der Waals surface area contributed by atoms with E-state index in [4.69, 9.17) is 0 Å². The third-order valence-electron chi connectivity index (χ3n) is 3.03. The molecule has 0 saturated carbocycles. The molecule has 0 aliphatic rings. The lowest BCUT2D eigenvalue weighted by molar-refractivity contribution is 0.477. The van der Waals surface area contributed by atoms with E-state index in [1.807, 2.05) is 12.3 Å². The van der Waals surface area contributed by atoms with Crippen LogP contribution < -0.4 is 10.6 Å². The smallest absolute Gasteiger partial charge is 0.191 e. The topological polar surface area (TPSA) is 67.1 Å². The normalized spacial score (nSPS) is 11.3. The predicted molar refractivity (Wildman–Crippen MR) is 110 cm³/mol. The monoisotopic (exact) mass is 452 g/mol. The number of nitrogens with zero attached hydrogens (tertiary/aromatic N) is 4. The Balaban J connectivity index is 0.00000484. The number of halogens is 1. The molecule has 0 amide bonds. The molecule has 8 heteroatoms. The van der Waals surface area contributed by atoms with Crippen LogP contribution in [0.3, 0.4) is 0 Å². The number of guanidine groups is 1. The first-order valence-electron chi connectivity index (χ1n) is 7.63. The zero-order chi connectivity index (χ0) is 16.4. The van der Waals surface area contributed by atoms with Crippen molar-refractivity contribution in [2.24, 2.45) is 10.9 Å². The molecule has 132 valence electrons. The Hall–Kier alpha value is -0.770. The van der Waals surface area contributed by atoms with Crippen LogP contribution in [0, 0.1) is 5.92 Å². The van der Waals surface area contributed by atoms with Gasteiger partial charge < -0.3 is 15.2 Å². The summed E-state index contributed by atoms with van der Waals surface area (Å²) in [4.78, 5) is 4.15. The first-order valence-corrected chi connectivity index (χ1v) is 8.86. The molecule has 23 heavy (non-hydrogen) atoms. The van der Waals surface area contributed by atoms with E-state index in [0.29, 0.717) is 12.5 Å². The van der Waals surface area contributed by atoms with Gasteiger partial charge in [-0.2, -0.15) is 0 Å². The maximum atomic E-state index is 4.33. The van der Waals surface area contributed by atoms with Crippen LogP contribution in [-0.2, 0) is 13.0 Å². The number of aliphatic imine (C=N–C) groups is 1. The lowest BCUT2D eigenvalue weighted by Gasteiger charge is -2.12. The van der Waals surface area contributed by atoms with E-state index < -0.39 is 0 Å². The summed E-state index contributed by atoms with van der Waals surface area (Å²) in [5.74, 6) is 2.45. The fourth-order valence-corrected chi connectivity index (χ4v) is 2.57. The molecular weight excluding hydrogens is 423 g/mol. The maximum absolute atomic E-state index is 4.33. The number of hydrogen-bond donors (Lipinski definition) is 2. The van der Waals surface area contributed by atoms with Crippen molar-refractivity contribution in [3.63, 3.8) is 0 Å². The number of thioether (sulfide) groups is 1. The van der Waals surface area contributed by atoms with Gasteiger partial charge in [0.25, 0.3) is 0 Å². The van der Waals surface area contributed by atoms with Gasteiger partial charge in [0, 0.05) is 33.1 Å². The fourth-order valence-electron chi connectivity index (χ4n) is 2.05. The molecule has 1 heterocycles. The molecule has 0 unspecified atom stereocenters. The van der Waals surface area contributed by atoms with E-state index in [1.54, 1.807) is 18.8 Å². The maximum Gasteiger partial charge on any atom is 0.191 e. The average Bonchev–Trinajstić information content (AvgIpc) is 2.88. The zero-order valence-corrected chi connectivity index (χ0v) is 17.6. The van der Waals surface area contributed by atoms with Crippen molar-refractivity contribution in [2.75, 3.05) is 26.4 Å². The van der Waals surface area contributed by atoms with Crippen LogP contribution in [0.2, 0.25) is 0 Å². The third-order valence-corrected chi connectivity index (χ3v) is 3.70. The van der Waals surface area contributed by atoms with E-state index in [1.165, 1.54) is 0 Å². The first kappa shape index (κ1) is 22.2. The molecule has 0 aliphatic carbocycles. The molecule has 2 N–H and O–H groups in total. The molecule has 0 aliphatic heterocycles. The molecule has 0 spiro atoms. The summed E-state index contributed by atoms with van der Waals surface area (Å²) in [6.07, 6.45) is 5.75. The van der Waals surface area contributed by atoms with Crippen molar-refractivity contribution < 1.29 is 0 Å². The van der Waals surface area contributed by atoms with Gasteiger partial charge in [-0.1, -0.05) is 31.7 Å². The predicted octanol–water partition coefficient (Wildman–Crippen LogP) is 2.56. The molecule has 0 saturated heterocycles. The fraction of sp³-hybridized carbons (Fsp3) is 0.667. The lowest BCUT2D eigenvalue weighted by atomic mass is 10.2. The minimum atomic E-state index is 0.